The lowest BCUT2D eigenvalue weighted by molar-refractivity contribution is -0.117. The van der Waals surface area contributed by atoms with Crippen LogP contribution in [0.25, 0.3) is 0 Å². The zero-order valence-electron chi connectivity index (χ0n) is 10.3. The second-order valence-corrected chi connectivity index (χ2v) is 4.35. The zero-order valence-corrected chi connectivity index (χ0v) is 10.3. The number of halogens is 4. The Morgan fingerprint density at radius 1 is 0.850 bits per heavy atom. The van der Waals surface area contributed by atoms with Gasteiger partial charge in [0.2, 0.25) is 0 Å². The Labute approximate surface area is 112 Å². The molecule has 2 rings (SSSR count). The second-order valence-electron chi connectivity index (χ2n) is 4.35. The Morgan fingerprint density at radius 2 is 1.60 bits per heavy atom. The summed E-state index contributed by atoms with van der Waals surface area (Å²) in [7, 11) is 0. The molecule has 0 amide bonds. The van der Waals surface area contributed by atoms with Crippen LogP contribution in [0.3, 0.4) is 0 Å². The minimum atomic E-state index is -1.06. The van der Waals surface area contributed by atoms with Gasteiger partial charge in [-0.05, 0) is 29.3 Å². The van der Waals surface area contributed by atoms with Gasteiger partial charge < -0.3 is 0 Å². The number of hydrogen-bond acceptors (Lipinski definition) is 1. The van der Waals surface area contributed by atoms with Gasteiger partial charge in [0.15, 0.2) is 23.3 Å². The third-order valence-electron chi connectivity index (χ3n) is 2.80. The van der Waals surface area contributed by atoms with Crippen LogP contribution >= 0.6 is 0 Å². The molecule has 20 heavy (non-hydrogen) atoms. The molecule has 5 heteroatoms. The van der Waals surface area contributed by atoms with Crippen LogP contribution in [0.4, 0.5) is 17.6 Å². The summed E-state index contributed by atoms with van der Waals surface area (Å²) >= 11 is 0. The topological polar surface area (TPSA) is 17.1 Å². The number of ketones is 1. The maximum absolute atomic E-state index is 13.4. The standard InChI is InChI=1S/C15H10F4O/c16-12-5-4-9(7-14(12)18)6-11(20)8-10-2-1-3-13(17)15(10)19/h1-5,7H,6,8H2. The number of hydrogen-bond donors (Lipinski definition) is 0. The molecule has 2 aromatic rings. The molecule has 0 bridgehead atoms. The summed E-state index contributed by atoms with van der Waals surface area (Å²) in [6.45, 7) is 0. The first-order valence-electron chi connectivity index (χ1n) is 5.86. The van der Waals surface area contributed by atoms with E-state index in [0.29, 0.717) is 0 Å². The van der Waals surface area contributed by atoms with Crippen LogP contribution < -0.4 is 0 Å². The lowest BCUT2D eigenvalue weighted by Crippen LogP contribution is -2.09. The van der Waals surface area contributed by atoms with Crippen molar-refractivity contribution in [1.29, 1.82) is 0 Å². The highest BCUT2D eigenvalue weighted by Gasteiger charge is 2.13. The van der Waals surface area contributed by atoms with Crippen LogP contribution in [-0.4, -0.2) is 5.78 Å². The van der Waals surface area contributed by atoms with Crippen molar-refractivity contribution in [3.63, 3.8) is 0 Å². The van der Waals surface area contributed by atoms with E-state index in [2.05, 4.69) is 0 Å². The summed E-state index contributed by atoms with van der Waals surface area (Å²) in [5, 5.41) is 0. The van der Waals surface area contributed by atoms with Gasteiger partial charge in [0.05, 0.1) is 0 Å². The Balaban J connectivity index is 2.09. The molecular formula is C15H10F4O. The summed E-state index contributed by atoms with van der Waals surface area (Å²) < 4.78 is 52.1. The maximum atomic E-state index is 13.4. The molecule has 0 aliphatic heterocycles. The van der Waals surface area contributed by atoms with Crippen molar-refractivity contribution in [2.45, 2.75) is 12.8 Å². The molecule has 0 N–H and O–H groups in total. The molecule has 104 valence electrons. The van der Waals surface area contributed by atoms with Gasteiger partial charge in [-0.25, -0.2) is 17.6 Å². The smallest absolute Gasteiger partial charge is 0.162 e. The highest BCUT2D eigenvalue weighted by atomic mass is 19.2. The third-order valence-corrected chi connectivity index (χ3v) is 2.80. The van der Waals surface area contributed by atoms with E-state index in [0.717, 1.165) is 18.2 Å². The summed E-state index contributed by atoms with van der Waals surface area (Å²) in [5.41, 5.74) is 0.225. The van der Waals surface area contributed by atoms with E-state index < -0.39 is 29.1 Å². The SMILES string of the molecule is O=C(Cc1ccc(F)c(F)c1)Cc1cccc(F)c1F. The van der Waals surface area contributed by atoms with Crippen LogP contribution in [0.5, 0.6) is 0 Å². The van der Waals surface area contributed by atoms with Gasteiger partial charge in [-0.1, -0.05) is 18.2 Å². The molecule has 0 fully saturated rings. The van der Waals surface area contributed by atoms with Gasteiger partial charge in [0.1, 0.15) is 5.78 Å². The minimum Gasteiger partial charge on any atom is -0.299 e. The first-order valence-corrected chi connectivity index (χ1v) is 5.86. The molecule has 0 saturated carbocycles. The lowest BCUT2D eigenvalue weighted by Gasteiger charge is -2.04. The lowest BCUT2D eigenvalue weighted by atomic mass is 10.0. The predicted octanol–water partition coefficient (Wildman–Crippen LogP) is 3.60. The molecule has 0 atom stereocenters. The Kier molecular flexibility index (Phi) is 4.17. The third kappa shape index (κ3) is 3.23. The molecule has 0 aliphatic rings. The molecule has 1 nitrogen and oxygen atoms in total. The van der Waals surface area contributed by atoms with Crippen molar-refractivity contribution in [2.24, 2.45) is 0 Å². The van der Waals surface area contributed by atoms with Crippen molar-refractivity contribution in [3.05, 3.63) is 70.8 Å². The van der Waals surface area contributed by atoms with E-state index in [-0.39, 0.29) is 24.0 Å². The molecule has 0 aromatic heterocycles. The number of carbonyl (C=O) groups excluding carboxylic acids is 1. The molecule has 0 heterocycles. The number of Topliss-reactive ketones (excluding diaryl/α,β-unsaturated/α-hetero) is 1. The maximum Gasteiger partial charge on any atom is 0.162 e. The molecule has 0 aliphatic carbocycles. The average molecular weight is 282 g/mol. The summed E-state index contributed by atoms with van der Waals surface area (Å²) in [6.07, 6.45) is -0.476. The number of carbonyl (C=O) groups is 1. The Bertz CT molecular complexity index is 652. The van der Waals surface area contributed by atoms with Crippen molar-refractivity contribution in [1.82, 2.24) is 0 Å². The fourth-order valence-electron chi connectivity index (χ4n) is 1.84. The van der Waals surface area contributed by atoms with Crippen LogP contribution in [0, 0.1) is 23.3 Å². The van der Waals surface area contributed by atoms with E-state index in [1.165, 1.54) is 18.2 Å². The molecule has 2 aromatic carbocycles. The highest BCUT2D eigenvalue weighted by molar-refractivity contribution is 5.83. The number of benzene rings is 2. The summed E-state index contributed by atoms with van der Waals surface area (Å²) in [6, 6.07) is 6.67. The molecule has 0 unspecified atom stereocenters. The number of rotatable bonds is 4. The quantitative estimate of drug-likeness (QED) is 0.783. The van der Waals surface area contributed by atoms with Gasteiger partial charge >= 0.3 is 0 Å². The second kappa shape index (κ2) is 5.86. The van der Waals surface area contributed by atoms with E-state index in [9.17, 15) is 22.4 Å². The van der Waals surface area contributed by atoms with E-state index >= 15 is 0 Å². The van der Waals surface area contributed by atoms with Crippen molar-refractivity contribution in [2.75, 3.05) is 0 Å². The van der Waals surface area contributed by atoms with Crippen molar-refractivity contribution >= 4 is 5.78 Å². The predicted molar refractivity (Wildman–Crippen MR) is 65.1 cm³/mol. The normalized spacial score (nSPS) is 10.6. The van der Waals surface area contributed by atoms with Gasteiger partial charge in [0.25, 0.3) is 0 Å². The highest BCUT2D eigenvalue weighted by Crippen LogP contribution is 2.14. The van der Waals surface area contributed by atoms with Crippen LogP contribution in [0.15, 0.2) is 36.4 Å². The van der Waals surface area contributed by atoms with E-state index in [1.54, 1.807) is 0 Å². The largest absolute Gasteiger partial charge is 0.299 e. The fourth-order valence-corrected chi connectivity index (χ4v) is 1.84. The van der Waals surface area contributed by atoms with Gasteiger partial charge in [-0.2, -0.15) is 0 Å². The first kappa shape index (κ1) is 14.2. The van der Waals surface area contributed by atoms with Gasteiger partial charge in [-0.3, -0.25) is 4.79 Å². The molecular weight excluding hydrogens is 272 g/mol. The molecule has 0 spiro atoms. The Hall–Kier alpha value is -2.17. The zero-order chi connectivity index (χ0) is 14.7. The van der Waals surface area contributed by atoms with Crippen LogP contribution in [-0.2, 0) is 17.6 Å². The van der Waals surface area contributed by atoms with E-state index in [4.69, 9.17) is 0 Å². The fraction of sp³-hybridized carbons (Fsp3) is 0.133. The van der Waals surface area contributed by atoms with Crippen molar-refractivity contribution < 1.29 is 22.4 Å². The van der Waals surface area contributed by atoms with E-state index in [1.807, 2.05) is 0 Å². The molecule has 0 radical (unpaired) electrons. The van der Waals surface area contributed by atoms with Gasteiger partial charge in [-0.15, -0.1) is 0 Å². The first-order chi connectivity index (χ1) is 9.47. The summed E-state index contributed by atoms with van der Waals surface area (Å²) in [5.74, 6) is -4.56. The Morgan fingerprint density at radius 3 is 2.30 bits per heavy atom. The molecule has 0 saturated heterocycles. The summed E-state index contributed by atoms with van der Waals surface area (Å²) in [4.78, 5) is 11.7. The minimum absolute atomic E-state index is 0.0578. The van der Waals surface area contributed by atoms with Gasteiger partial charge in [0, 0.05) is 12.8 Å². The average Bonchev–Trinajstić information content (AvgIpc) is 2.39. The van der Waals surface area contributed by atoms with Crippen LogP contribution in [0.2, 0.25) is 0 Å². The van der Waals surface area contributed by atoms with Crippen molar-refractivity contribution in [3.8, 4) is 0 Å². The monoisotopic (exact) mass is 282 g/mol. The van der Waals surface area contributed by atoms with Crippen LogP contribution in [0.1, 0.15) is 11.1 Å².